The van der Waals surface area contributed by atoms with Crippen molar-refractivity contribution in [2.75, 3.05) is 23.7 Å². The summed E-state index contributed by atoms with van der Waals surface area (Å²) in [6.45, 7) is 2.45. The molecule has 0 unspecified atom stereocenters. The number of hydrogen-bond donors (Lipinski definition) is 2. The summed E-state index contributed by atoms with van der Waals surface area (Å²) in [5.74, 6) is -0.0822. The Labute approximate surface area is 95.1 Å². The molecule has 2 N–H and O–H groups in total. The smallest absolute Gasteiger partial charge is 0.235 e. The number of nitrogens with one attached hydrogen (secondary N) is 1. The van der Waals surface area contributed by atoms with Gasteiger partial charge in [0.25, 0.3) is 0 Å². The Morgan fingerprint density at radius 2 is 2.19 bits per heavy atom. The average molecular weight is 245 g/mol. The Balaban J connectivity index is 2.59. The maximum atomic E-state index is 11.5. The molecule has 0 spiro atoms. The highest BCUT2D eigenvalue weighted by Crippen LogP contribution is 2.16. The summed E-state index contributed by atoms with van der Waals surface area (Å²) in [4.78, 5) is 0. The number of benzene rings is 1. The number of ether oxygens (including phenoxy) is 1. The van der Waals surface area contributed by atoms with E-state index in [1.54, 1.807) is 19.1 Å². The van der Waals surface area contributed by atoms with E-state index in [-0.39, 0.29) is 18.1 Å². The second-order valence-corrected chi connectivity index (χ2v) is 5.01. The lowest BCUT2D eigenvalue weighted by atomic mass is 10.3. The van der Waals surface area contributed by atoms with Crippen molar-refractivity contribution in [1.29, 1.82) is 0 Å². The molecule has 5 nitrogen and oxygen atoms in total. The van der Waals surface area contributed by atoms with Crippen molar-refractivity contribution in [3.05, 3.63) is 24.3 Å². The molecule has 6 heteroatoms. The zero-order valence-electron chi connectivity index (χ0n) is 9.01. The molecule has 0 radical (unpaired) electrons. The number of hydrogen-bond acceptors (Lipinski definition) is 4. The van der Waals surface area contributed by atoms with Gasteiger partial charge in [0, 0.05) is 12.7 Å². The minimum atomic E-state index is -3.41. The monoisotopic (exact) mass is 245 g/mol. The Morgan fingerprint density at radius 3 is 2.81 bits per heavy atom. The van der Waals surface area contributed by atoms with Crippen LogP contribution in [-0.2, 0) is 14.8 Å². The minimum Gasteiger partial charge on any atom is -0.508 e. The molecule has 1 aromatic rings. The van der Waals surface area contributed by atoms with Crippen LogP contribution in [0.4, 0.5) is 5.69 Å². The fourth-order valence-corrected chi connectivity index (χ4v) is 2.04. The molecular formula is C10H15NO4S. The highest BCUT2D eigenvalue weighted by molar-refractivity contribution is 7.92. The molecule has 0 aromatic heterocycles. The molecular weight excluding hydrogens is 230 g/mol. The standard InChI is InChI=1S/C10H15NO4S/c1-2-15-6-7-16(13,14)11-9-4-3-5-10(12)8-9/h3-5,8,11-12H,2,6-7H2,1H3. The number of phenolic OH excluding ortho intramolecular Hbond substituents is 1. The van der Waals surface area contributed by atoms with Crippen molar-refractivity contribution in [1.82, 2.24) is 0 Å². The van der Waals surface area contributed by atoms with Crippen LogP contribution in [0.1, 0.15) is 6.92 Å². The van der Waals surface area contributed by atoms with Gasteiger partial charge in [-0.3, -0.25) is 4.72 Å². The van der Waals surface area contributed by atoms with Crippen LogP contribution in [0.15, 0.2) is 24.3 Å². The molecule has 90 valence electrons. The Morgan fingerprint density at radius 1 is 1.44 bits per heavy atom. The van der Waals surface area contributed by atoms with E-state index >= 15 is 0 Å². The van der Waals surface area contributed by atoms with Crippen LogP contribution in [-0.4, -0.2) is 32.5 Å². The third kappa shape index (κ3) is 4.50. The molecule has 0 saturated heterocycles. The van der Waals surface area contributed by atoms with Crippen molar-refractivity contribution in [3.63, 3.8) is 0 Å². The van der Waals surface area contributed by atoms with E-state index < -0.39 is 10.0 Å². The van der Waals surface area contributed by atoms with Crippen LogP contribution in [0, 0.1) is 0 Å². The highest BCUT2D eigenvalue weighted by Gasteiger charge is 2.10. The average Bonchev–Trinajstić information content (AvgIpc) is 2.17. The van der Waals surface area contributed by atoms with Gasteiger partial charge in [0.15, 0.2) is 0 Å². The van der Waals surface area contributed by atoms with Gasteiger partial charge in [0.2, 0.25) is 10.0 Å². The van der Waals surface area contributed by atoms with Gasteiger partial charge in [-0.1, -0.05) is 6.07 Å². The first-order valence-corrected chi connectivity index (χ1v) is 6.56. The summed E-state index contributed by atoms with van der Waals surface area (Å²) in [7, 11) is -3.41. The van der Waals surface area contributed by atoms with Crippen molar-refractivity contribution in [2.45, 2.75) is 6.92 Å². The van der Waals surface area contributed by atoms with Crippen LogP contribution < -0.4 is 4.72 Å². The predicted molar refractivity (Wildman–Crippen MR) is 62.0 cm³/mol. The summed E-state index contributed by atoms with van der Waals surface area (Å²) < 4.78 is 30.3. The molecule has 0 amide bonds. The van der Waals surface area contributed by atoms with E-state index in [1.807, 2.05) is 0 Å². The van der Waals surface area contributed by atoms with Crippen molar-refractivity contribution in [2.24, 2.45) is 0 Å². The molecule has 0 saturated carbocycles. The Hall–Kier alpha value is -1.27. The maximum Gasteiger partial charge on any atom is 0.235 e. The summed E-state index contributed by atoms with van der Waals surface area (Å²) in [5, 5.41) is 9.16. The van der Waals surface area contributed by atoms with Gasteiger partial charge in [-0.05, 0) is 19.1 Å². The number of sulfonamides is 1. The topological polar surface area (TPSA) is 75.6 Å². The number of rotatable bonds is 6. The normalized spacial score (nSPS) is 11.3. The van der Waals surface area contributed by atoms with E-state index in [0.717, 1.165) is 0 Å². The van der Waals surface area contributed by atoms with Gasteiger partial charge in [-0.2, -0.15) is 0 Å². The maximum absolute atomic E-state index is 11.5. The fraction of sp³-hybridized carbons (Fsp3) is 0.400. The van der Waals surface area contributed by atoms with E-state index in [2.05, 4.69) is 4.72 Å². The van der Waals surface area contributed by atoms with Crippen LogP contribution in [0.3, 0.4) is 0 Å². The quantitative estimate of drug-likeness (QED) is 0.738. The zero-order chi connectivity index (χ0) is 12.0. The van der Waals surface area contributed by atoms with Crippen molar-refractivity contribution in [3.8, 4) is 5.75 Å². The molecule has 16 heavy (non-hydrogen) atoms. The van der Waals surface area contributed by atoms with Gasteiger partial charge in [0.1, 0.15) is 5.75 Å². The molecule has 0 aliphatic carbocycles. The van der Waals surface area contributed by atoms with E-state index in [1.165, 1.54) is 12.1 Å². The van der Waals surface area contributed by atoms with E-state index in [4.69, 9.17) is 9.84 Å². The lowest BCUT2D eigenvalue weighted by Gasteiger charge is -2.07. The first-order valence-electron chi connectivity index (χ1n) is 4.91. The second-order valence-electron chi connectivity index (χ2n) is 3.17. The molecule has 1 aromatic carbocycles. The lowest BCUT2D eigenvalue weighted by molar-refractivity contribution is 0.163. The number of phenols is 1. The first-order chi connectivity index (χ1) is 7.53. The van der Waals surface area contributed by atoms with Crippen LogP contribution >= 0.6 is 0 Å². The Kier molecular flexibility index (Phi) is 4.57. The highest BCUT2D eigenvalue weighted by atomic mass is 32.2. The second kappa shape index (κ2) is 5.72. The molecule has 1 rings (SSSR count). The summed E-state index contributed by atoms with van der Waals surface area (Å²) in [5.41, 5.74) is 0.344. The number of aromatic hydroxyl groups is 1. The van der Waals surface area contributed by atoms with Gasteiger partial charge < -0.3 is 9.84 Å². The van der Waals surface area contributed by atoms with Gasteiger partial charge in [-0.15, -0.1) is 0 Å². The van der Waals surface area contributed by atoms with Crippen LogP contribution in [0.25, 0.3) is 0 Å². The number of anilines is 1. The molecule has 0 bridgehead atoms. The molecule has 0 aliphatic heterocycles. The lowest BCUT2D eigenvalue weighted by Crippen LogP contribution is -2.20. The van der Waals surface area contributed by atoms with E-state index in [9.17, 15) is 8.42 Å². The third-order valence-corrected chi connectivity index (χ3v) is 3.07. The van der Waals surface area contributed by atoms with E-state index in [0.29, 0.717) is 12.3 Å². The largest absolute Gasteiger partial charge is 0.508 e. The third-order valence-electron chi connectivity index (χ3n) is 1.82. The zero-order valence-corrected chi connectivity index (χ0v) is 9.83. The predicted octanol–water partition coefficient (Wildman–Crippen LogP) is 1.17. The first kappa shape index (κ1) is 12.8. The van der Waals surface area contributed by atoms with Gasteiger partial charge in [-0.25, -0.2) is 8.42 Å². The Bertz CT molecular complexity index is 430. The van der Waals surface area contributed by atoms with Crippen LogP contribution in [0.5, 0.6) is 5.75 Å². The molecule has 0 heterocycles. The van der Waals surface area contributed by atoms with Crippen LogP contribution in [0.2, 0.25) is 0 Å². The van der Waals surface area contributed by atoms with Crippen molar-refractivity contribution >= 4 is 15.7 Å². The van der Waals surface area contributed by atoms with Gasteiger partial charge in [0.05, 0.1) is 18.0 Å². The molecule has 0 aliphatic rings. The SMILES string of the molecule is CCOCCS(=O)(=O)Nc1cccc(O)c1. The van der Waals surface area contributed by atoms with Crippen molar-refractivity contribution < 1.29 is 18.3 Å². The fourth-order valence-electron chi connectivity index (χ4n) is 1.11. The minimum absolute atomic E-state index is 0.0185. The summed E-state index contributed by atoms with van der Waals surface area (Å²) in [6, 6.07) is 5.95. The molecule has 0 atom stereocenters. The van der Waals surface area contributed by atoms with Gasteiger partial charge >= 0.3 is 0 Å². The summed E-state index contributed by atoms with van der Waals surface area (Å²) >= 11 is 0. The molecule has 0 fully saturated rings. The summed E-state index contributed by atoms with van der Waals surface area (Å²) in [6.07, 6.45) is 0.